The maximum atomic E-state index is 5.59. The minimum atomic E-state index is 0.335. The molecule has 0 aliphatic rings. The van der Waals surface area contributed by atoms with E-state index in [4.69, 9.17) is 4.74 Å². The highest BCUT2D eigenvalue weighted by atomic mass is 16.5. The quantitative estimate of drug-likeness (QED) is 0.748. The van der Waals surface area contributed by atoms with E-state index < -0.39 is 0 Å². The molecule has 0 fully saturated rings. The van der Waals surface area contributed by atoms with Crippen LogP contribution in [0.5, 0.6) is 0 Å². The molecule has 2 heteroatoms. The number of aryl methyl sites for hydroxylation is 1. The molecule has 96 valence electrons. The van der Waals surface area contributed by atoms with Crippen LogP contribution in [0.15, 0.2) is 30.3 Å². The van der Waals surface area contributed by atoms with Crippen LogP contribution in [0.1, 0.15) is 32.3 Å². The van der Waals surface area contributed by atoms with E-state index in [1.165, 1.54) is 12.0 Å². The molecular formula is C15H25NO. The van der Waals surface area contributed by atoms with Crippen molar-refractivity contribution in [1.29, 1.82) is 0 Å². The Balaban J connectivity index is 2.23. The third-order valence-corrected chi connectivity index (χ3v) is 2.95. The fourth-order valence-electron chi connectivity index (χ4n) is 1.86. The van der Waals surface area contributed by atoms with Gasteiger partial charge >= 0.3 is 0 Å². The van der Waals surface area contributed by atoms with Crippen LogP contribution in [0.2, 0.25) is 0 Å². The Hall–Kier alpha value is -0.860. The van der Waals surface area contributed by atoms with E-state index in [0.29, 0.717) is 12.1 Å². The van der Waals surface area contributed by atoms with E-state index in [9.17, 15) is 0 Å². The molecule has 17 heavy (non-hydrogen) atoms. The second-order valence-electron chi connectivity index (χ2n) is 4.72. The predicted octanol–water partition coefficient (Wildman–Crippen LogP) is 3.02. The molecule has 1 aromatic rings. The molecule has 0 aromatic heterocycles. The summed E-state index contributed by atoms with van der Waals surface area (Å²) in [5.41, 5.74) is 1.41. The van der Waals surface area contributed by atoms with Crippen LogP contribution in [0.25, 0.3) is 0 Å². The Morgan fingerprint density at radius 3 is 2.41 bits per heavy atom. The Bertz CT molecular complexity index is 284. The lowest BCUT2D eigenvalue weighted by atomic mass is 10.0. The first kappa shape index (κ1) is 14.2. The van der Waals surface area contributed by atoms with Gasteiger partial charge in [0.2, 0.25) is 0 Å². The first-order valence-corrected chi connectivity index (χ1v) is 6.55. The van der Waals surface area contributed by atoms with Crippen molar-refractivity contribution in [2.45, 2.75) is 45.3 Å². The average Bonchev–Trinajstić information content (AvgIpc) is 2.34. The van der Waals surface area contributed by atoms with Crippen molar-refractivity contribution < 1.29 is 4.74 Å². The highest BCUT2D eigenvalue weighted by molar-refractivity contribution is 5.14. The minimum Gasteiger partial charge on any atom is -0.379 e. The highest BCUT2D eigenvalue weighted by Gasteiger charge is 2.06. The molecule has 2 nitrogen and oxygen atoms in total. The van der Waals surface area contributed by atoms with Crippen molar-refractivity contribution in [3.63, 3.8) is 0 Å². The van der Waals surface area contributed by atoms with Crippen molar-refractivity contribution in [3.05, 3.63) is 35.9 Å². The van der Waals surface area contributed by atoms with Gasteiger partial charge in [0.1, 0.15) is 0 Å². The summed E-state index contributed by atoms with van der Waals surface area (Å²) < 4.78 is 5.59. The van der Waals surface area contributed by atoms with Crippen molar-refractivity contribution in [2.24, 2.45) is 0 Å². The van der Waals surface area contributed by atoms with Crippen molar-refractivity contribution in [2.75, 3.05) is 13.7 Å². The molecule has 0 aliphatic carbocycles. The van der Waals surface area contributed by atoms with Crippen molar-refractivity contribution in [3.8, 4) is 0 Å². The lowest BCUT2D eigenvalue weighted by Gasteiger charge is -2.17. The number of hydrogen-bond donors (Lipinski definition) is 1. The van der Waals surface area contributed by atoms with Gasteiger partial charge in [0.15, 0.2) is 0 Å². The Morgan fingerprint density at radius 2 is 1.82 bits per heavy atom. The third-order valence-electron chi connectivity index (χ3n) is 2.95. The van der Waals surface area contributed by atoms with Crippen LogP contribution < -0.4 is 5.32 Å². The van der Waals surface area contributed by atoms with Crippen molar-refractivity contribution in [1.82, 2.24) is 5.32 Å². The smallest absolute Gasteiger partial charge is 0.0518 e. The largest absolute Gasteiger partial charge is 0.379 e. The Labute approximate surface area is 105 Å². The lowest BCUT2D eigenvalue weighted by Crippen LogP contribution is -2.27. The molecule has 0 heterocycles. The highest BCUT2D eigenvalue weighted by Crippen LogP contribution is 2.07. The van der Waals surface area contributed by atoms with Crippen LogP contribution in [-0.2, 0) is 11.2 Å². The molecule has 0 radical (unpaired) electrons. The minimum absolute atomic E-state index is 0.335. The van der Waals surface area contributed by atoms with Gasteiger partial charge in [-0.2, -0.15) is 0 Å². The molecule has 1 N–H and O–H groups in total. The molecule has 0 aliphatic heterocycles. The molecule has 1 unspecified atom stereocenters. The molecule has 0 bridgehead atoms. The lowest BCUT2D eigenvalue weighted by molar-refractivity contribution is 0.0715. The summed E-state index contributed by atoms with van der Waals surface area (Å²) in [5.74, 6) is 0. The predicted molar refractivity (Wildman–Crippen MR) is 73.3 cm³/mol. The normalized spacial score (nSPS) is 12.9. The Kier molecular flexibility index (Phi) is 6.90. The van der Waals surface area contributed by atoms with Gasteiger partial charge in [-0.25, -0.2) is 0 Å². The molecule has 1 aromatic carbocycles. The van der Waals surface area contributed by atoms with Gasteiger partial charge in [0.05, 0.1) is 6.10 Å². The van der Waals surface area contributed by atoms with E-state index in [1.54, 1.807) is 0 Å². The van der Waals surface area contributed by atoms with E-state index in [0.717, 1.165) is 19.4 Å². The van der Waals surface area contributed by atoms with E-state index in [1.807, 2.05) is 7.05 Å². The molecule has 0 amide bonds. The topological polar surface area (TPSA) is 21.3 Å². The summed E-state index contributed by atoms with van der Waals surface area (Å²) in [5, 5.41) is 3.37. The summed E-state index contributed by atoms with van der Waals surface area (Å²) in [7, 11) is 2.03. The maximum absolute atomic E-state index is 5.59. The van der Waals surface area contributed by atoms with E-state index in [2.05, 4.69) is 49.5 Å². The van der Waals surface area contributed by atoms with E-state index in [-0.39, 0.29) is 0 Å². The van der Waals surface area contributed by atoms with Crippen LogP contribution in [-0.4, -0.2) is 25.8 Å². The number of ether oxygens (including phenoxy) is 1. The molecule has 1 atom stereocenters. The zero-order chi connectivity index (χ0) is 12.5. The van der Waals surface area contributed by atoms with Crippen LogP contribution in [0, 0.1) is 0 Å². The maximum Gasteiger partial charge on any atom is 0.0518 e. The molecule has 0 saturated carbocycles. The van der Waals surface area contributed by atoms with Gasteiger partial charge in [-0.1, -0.05) is 30.3 Å². The van der Waals surface area contributed by atoms with Gasteiger partial charge < -0.3 is 10.1 Å². The van der Waals surface area contributed by atoms with E-state index >= 15 is 0 Å². The van der Waals surface area contributed by atoms with Crippen LogP contribution in [0.3, 0.4) is 0 Å². The Morgan fingerprint density at radius 1 is 1.12 bits per heavy atom. The summed E-state index contributed by atoms with van der Waals surface area (Å²) in [6, 6.07) is 11.2. The fraction of sp³-hybridized carbons (Fsp3) is 0.600. The third kappa shape index (κ3) is 6.44. The molecular weight excluding hydrogens is 210 g/mol. The fourth-order valence-corrected chi connectivity index (χ4v) is 1.86. The second kappa shape index (κ2) is 8.26. The first-order valence-electron chi connectivity index (χ1n) is 6.55. The van der Waals surface area contributed by atoms with Gasteiger partial charge in [-0.05, 0) is 45.7 Å². The van der Waals surface area contributed by atoms with Gasteiger partial charge in [0.25, 0.3) is 0 Å². The SMILES string of the molecule is CNC(CCOC(C)C)CCc1ccccc1. The summed E-state index contributed by atoms with van der Waals surface area (Å²) >= 11 is 0. The van der Waals surface area contributed by atoms with Gasteiger partial charge in [-0.15, -0.1) is 0 Å². The number of benzene rings is 1. The zero-order valence-corrected chi connectivity index (χ0v) is 11.3. The number of hydrogen-bond acceptors (Lipinski definition) is 2. The monoisotopic (exact) mass is 235 g/mol. The molecule has 0 saturated heterocycles. The standard InChI is InChI=1S/C15H25NO/c1-13(2)17-12-11-15(16-3)10-9-14-7-5-4-6-8-14/h4-8,13,15-16H,9-12H2,1-3H3. The summed E-state index contributed by atoms with van der Waals surface area (Å²) in [4.78, 5) is 0. The van der Waals surface area contributed by atoms with Gasteiger partial charge in [-0.3, -0.25) is 0 Å². The average molecular weight is 235 g/mol. The molecule has 1 rings (SSSR count). The summed E-state index contributed by atoms with van der Waals surface area (Å²) in [6.45, 7) is 5.01. The number of rotatable bonds is 8. The van der Waals surface area contributed by atoms with Crippen LogP contribution >= 0.6 is 0 Å². The van der Waals surface area contributed by atoms with Gasteiger partial charge in [0, 0.05) is 12.6 Å². The zero-order valence-electron chi connectivity index (χ0n) is 11.3. The summed E-state index contributed by atoms with van der Waals surface area (Å²) in [6.07, 6.45) is 3.72. The first-order chi connectivity index (χ1) is 8.22. The number of nitrogens with one attached hydrogen (secondary N) is 1. The van der Waals surface area contributed by atoms with Crippen LogP contribution in [0.4, 0.5) is 0 Å². The molecule has 0 spiro atoms. The second-order valence-corrected chi connectivity index (χ2v) is 4.72. The van der Waals surface area contributed by atoms with Crippen molar-refractivity contribution >= 4 is 0 Å².